The van der Waals surface area contributed by atoms with Gasteiger partial charge in [0.2, 0.25) is 5.91 Å². The third kappa shape index (κ3) is 9.29. The maximum Gasteiger partial charge on any atom is 0.414 e. The molecule has 2 aromatic carbocycles. The van der Waals surface area contributed by atoms with E-state index >= 15 is 0 Å². The zero-order chi connectivity index (χ0) is 25.1. The van der Waals surface area contributed by atoms with Gasteiger partial charge < -0.3 is 15.5 Å². The number of nitrogens with one attached hydrogen (secondary N) is 1. The van der Waals surface area contributed by atoms with Gasteiger partial charge in [0.05, 0.1) is 6.04 Å². The van der Waals surface area contributed by atoms with Crippen LogP contribution in [-0.4, -0.2) is 76.6 Å². The second kappa shape index (κ2) is 13.4. The van der Waals surface area contributed by atoms with Gasteiger partial charge in [0.1, 0.15) is 5.82 Å². The molecule has 0 spiro atoms. The summed E-state index contributed by atoms with van der Waals surface area (Å²) in [7, 11) is 0. The molecular weight excluding hydrogens is 441 g/mol. The normalized spacial score (nSPS) is 15.0. The number of halogens is 1. The Balaban J connectivity index is 0.000000604. The molecule has 1 heterocycles. The number of amides is 1. The molecule has 1 aliphatic heterocycles. The summed E-state index contributed by atoms with van der Waals surface area (Å²) in [5.41, 5.74) is 3.67. The highest BCUT2D eigenvalue weighted by molar-refractivity contribution is 6.27. The Hall–Kier alpha value is -3.30. The molecule has 0 radical (unpaired) electrons. The monoisotopic (exact) mass is 473 g/mol. The maximum atomic E-state index is 12.9. The summed E-state index contributed by atoms with van der Waals surface area (Å²) in [6.07, 6.45) is 0.711. The molecule has 3 rings (SSSR count). The van der Waals surface area contributed by atoms with Gasteiger partial charge in [-0.25, -0.2) is 14.0 Å². The first-order valence-electron chi connectivity index (χ1n) is 11.2. The number of rotatable bonds is 7. The number of benzene rings is 2. The van der Waals surface area contributed by atoms with Crippen LogP contribution in [0, 0.1) is 12.7 Å². The minimum atomic E-state index is -1.82. The van der Waals surface area contributed by atoms with Crippen LogP contribution in [0.25, 0.3) is 0 Å². The molecule has 1 amide bonds. The molecular formula is C25H32FN3O5. The van der Waals surface area contributed by atoms with E-state index in [2.05, 4.69) is 46.3 Å². The fourth-order valence-electron chi connectivity index (χ4n) is 3.67. The molecule has 1 unspecified atom stereocenters. The Bertz CT molecular complexity index is 947. The van der Waals surface area contributed by atoms with Crippen molar-refractivity contribution < 1.29 is 29.0 Å². The quantitative estimate of drug-likeness (QED) is 0.529. The van der Waals surface area contributed by atoms with Crippen LogP contribution in [0.4, 0.5) is 4.39 Å². The van der Waals surface area contributed by atoms with E-state index < -0.39 is 11.9 Å². The molecule has 1 atom stereocenters. The summed E-state index contributed by atoms with van der Waals surface area (Å²) in [6, 6.07) is 15.0. The Kier molecular flexibility index (Phi) is 10.6. The molecule has 184 valence electrons. The summed E-state index contributed by atoms with van der Waals surface area (Å²) < 4.78 is 12.9. The molecule has 0 bridgehead atoms. The van der Waals surface area contributed by atoms with Gasteiger partial charge in [0, 0.05) is 39.3 Å². The number of carboxylic acid groups (broad SMARTS) is 2. The Morgan fingerprint density at radius 2 is 1.59 bits per heavy atom. The van der Waals surface area contributed by atoms with Gasteiger partial charge >= 0.3 is 11.9 Å². The molecule has 1 aliphatic rings. The number of nitrogens with zero attached hydrogens (tertiary/aromatic N) is 2. The van der Waals surface area contributed by atoms with E-state index in [4.69, 9.17) is 19.8 Å². The van der Waals surface area contributed by atoms with Gasteiger partial charge in [-0.15, -0.1) is 0 Å². The number of carbonyl (C=O) groups excluding carboxylic acids is 1. The smallest absolute Gasteiger partial charge is 0.414 e. The molecule has 34 heavy (non-hydrogen) atoms. The van der Waals surface area contributed by atoms with Crippen molar-refractivity contribution in [1.82, 2.24) is 15.1 Å². The number of aliphatic carboxylic acids is 2. The Labute approximate surface area is 199 Å². The van der Waals surface area contributed by atoms with E-state index in [0.29, 0.717) is 13.0 Å². The van der Waals surface area contributed by atoms with Crippen molar-refractivity contribution in [3.63, 3.8) is 0 Å². The highest BCUT2D eigenvalue weighted by Crippen LogP contribution is 2.12. The highest BCUT2D eigenvalue weighted by Gasteiger charge is 2.25. The molecule has 9 heteroatoms. The summed E-state index contributed by atoms with van der Waals surface area (Å²) in [5, 5.41) is 17.8. The first-order valence-corrected chi connectivity index (χ1v) is 11.2. The van der Waals surface area contributed by atoms with Gasteiger partial charge in [-0.2, -0.15) is 0 Å². The maximum absolute atomic E-state index is 12.9. The second-order valence-electron chi connectivity index (χ2n) is 8.25. The predicted molar refractivity (Wildman–Crippen MR) is 126 cm³/mol. The molecule has 1 fully saturated rings. The minimum absolute atomic E-state index is 0.0641. The van der Waals surface area contributed by atoms with Crippen LogP contribution in [0.2, 0.25) is 0 Å². The summed E-state index contributed by atoms with van der Waals surface area (Å²) in [5.74, 6) is -3.82. The van der Waals surface area contributed by atoms with E-state index in [-0.39, 0.29) is 17.8 Å². The van der Waals surface area contributed by atoms with Crippen LogP contribution in [0.5, 0.6) is 0 Å². The Morgan fingerprint density at radius 1 is 0.971 bits per heavy atom. The predicted octanol–water partition coefficient (Wildman–Crippen LogP) is 2.15. The van der Waals surface area contributed by atoms with Crippen molar-refractivity contribution in [3.05, 3.63) is 71.0 Å². The second-order valence-corrected chi connectivity index (χ2v) is 8.25. The van der Waals surface area contributed by atoms with Gasteiger partial charge in [-0.1, -0.05) is 42.0 Å². The molecule has 0 aliphatic carbocycles. The van der Waals surface area contributed by atoms with E-state index in [1.807, 2.05) is 6.92 Å². The van der Waals surface area contributed by atoms with Gasteiger partial charge in [0.25, 0.3) is 0 Å². The van der Waals surface area contributed by atoms with Crippen molar-refractivity contribution >= 4 is 17.8 Å². The number of carbonyl (C=O) groups is 3. The Morgan fingerprint density at radius 3 is 2.15 bits per heavy atom. The fourth-order valence-corrected chi connectivity index (χ4v) is 3.67. The molecule has 1 saturated heterocycles. The molecule has 0 saturated carbocycles. The fraction of sp³-hybridized carbons (Fsp3) is 0.400. The van der Waals surface area contributed by atoms with Crippen LogP contribution in [0.3, 0.4) is 0 Å². The standard InChI is InChI=1S/C23H30FN3O.C2H2O4/c1-18-4-3-5-21(16-18)17-26-12-14-27(15-13-26)19(2)23(28)25-11-10-20-6-8-22(24)9-7-20;3-1(4)2(5)6/h3-9,16,19H,10-15,17H2,1-2H3,(H,25,28);(H,3,4)(H,5,6). The summed E-state index contributed by atoms with van der Waals surface area (Å²) >= 11 is 0. The first kappa shape index (κ1) is 26.9. The zero-order valence-corrected chi connectivity index (χ0v) is 19.5. The van der Waals surface area contributed by atoms with Crippen molar-refractivity contribution in [2.24, 2.45) is 0 Å². The molecule has 8 nitrogen and oxygen atoms in total. The number of piperazine rings is 1. The van der Waals surface area contributed by atoms with E-state index in [1.54, 1.807) is 12.1 Å². The molecule has 3 N–H and O–H groups in total. The average Bonchev–Trinajstić information content (AvgIpc) is 2.80. The lowest BCUT2D eigenvalue weighted by molar-refractivity contribution is -0.159. The number of carboxylic acids is 2. The van der Waals surface area contributed by atoms with Crippen molar-refractivity contribution in [2.75, 3.05) is 32.7 Å². The van der Waals surface area contributed by atoms with Crippen LogP contribution in [0.1, 0.15) is 23.6 Å². The van der Waals surface area contributed by atoms with E-state index in [1.165, 1.54) is 23.3 Å². The van der Waals surface area contributed by atoms with Crippen LogP contribution in [0.15, 0.2) is 48.5 Å². The highest BCUT2D eigenvalue weighted by atomic mass is 19.1. The summed E-state index contributed by atoms with van der Waals surface area (Å²) in [6.45, 7) is 9.39. The lowest BCUT2D eigenvalue weighted by atomic mass is 10.1. The van der Waals surface area contributed by atoms with Gasteiger partial charge in [-0.05, 0) is 43.5 Å². The average molecular weight is 474 g/mol. The van der Waals surface area contributed by atoms with Gasteiger partial charge in [0.15, 0.2) is 0 Å². The number of aryl methyl sites for hydroxylation is 1. The number of hydrogen-bond donors (Lipinski definition) is 3. The van der Waals surface area contributed by atoms with Crippen LogP contribution >= 0.6 is 0 Å². The third-order valence-corrected chi connectivity index (χ3v) is 5.63. The van der Waals surface area contributed by atoms with E-state index in [0.717, 1.165) is 38.3 Å². The largest absolute Gasteiger partial charge is 0.473 e. The lowest BCUT2D eigenvalue weighted by Gasteiger charge is -2.37. The van der Waals surface area contributed by atoms with Crippen LogP contribution in [-0.2, 0) is 27.3 Å². The van der Waals surface area contributed by atoms with Crippen molar-refractivity contribution in [1.29, 1.82) is 0 Å². The number of hydrogen-bond acceptors (Lipinski definition) is 5. The molecule has 0 aromatic heterocycles. The first-order chi connectivity index (χ1) is 16.2. The van der Waals surface area contributed by atoms with Crippen molar-refractivity contribution in [3.8, 4) is 0 Å². The molecule has 2 aromatic rings. The van der Waals surface area contributed by atoms with E-state index in [9.17, 15) is 9.18 Å². The SMILES string of the molecule is Cc1cccc(CN2CCN(C(C)C(=O)NCCc3ccc(F)cc3)CC2)c1.O=C(O)C(=O)O. The zero-order valence-electron chi connectivity index (χ0n) is 19.5. The third-order valence-electron chi connectivity index (χ3n) is 5.63. The van der Waals surface area contributed by atoms with Crippen LogP contribution < -0.4 is 5.32 Å². The van der Waals surface area contributed by atoms with Crippen molar-refractivity contribution in [2.45, 2.75) is 32.9 Å². The summed E-state index contributed by atoms with van der Waals surface area (Å²) in [4.78, 5) is 35.4. The minimum Gasteiger partial charge on any atom is -0.473 e. The van der Waals surface area contributed by atoms with Gasteiger partial charge in [-0.3, -0.25) is 14.6 Å². The topological polar surface area (TPSA) is 110 Å². The lowest BCUT2D eigenvalue weighted by Crippen LogP contribution is -2.53.